The number of para-hydroxylation sites is 1. The second-order valence-corrected chi connectivity index (χ2v) is 8.88. The molecule has 5 rings (SSSR count). The number of nitrogens with zero attached hydrogens (tertiary/aromatic N) is 2. The number of methoxy groups -OCH3 is 1. The molecule has 0 saturated carbocycles. The number of fused-ring (bicyclic) bond motifs is 2. The summed E-state index contributed by atoms with van der Waals surface area (Å²) in [6, 6.07) is 14.1. The first kappa shape index (κ1) is 21.9. The van der Waals surface area contributed by atoms with Gasteiger partial charge in [-0.15, -0.1) is 0 Å². The number of benzene rings is 3. The molecular weight excluding hydrogens is 442 g/mol. The van der Waals surface area contributed by atoms with Crippen LogP contribution in [0.2, 0.25) is 0 Å². The van der Waals surface area contributed by atoms with Gasteiger partial charge in [0.05, 0.1) is 30.1 Å². The highest BCUT2D eigenvalue weighted by Crippen LogP contribution is 2.57. The lowest BCUT2D eigenvalue weighted by atomic mass is 9.76. The molecule has 34 heavy (non-hydrogen) atoms. The van der Waals surface area contributed by atoms with Gasteiger partial charge in [-0.2, -0.15) is 0 Å². The number of hydrogen-bond donors (Lipinski definition) is 0. The number of halogens is 2. The summed E-state index contributed by atoms with van der Waals surface area (Å²) in [5, 5.41) is 11.4. The standard InChI is InChI=1S/C26H22F2N2O4/c1-25(2)19-7-4-5-10-22(19)29(15-18-20(27)8-6-9-21(18)28)26(25)12-11-16-13-17(30(31)32)14-23(33-3)24(16)34-26/h4-14H,15H2,1-3H3. The van der Waals surface area contributed by atoms with Crippen molar-refractivity contribution in [2.24, 2.45) is 0 Å². The summed E-state index contributed by atoms with van der Waals surface area (Å²) in [4.78, 5) is 12.7. The molecule has 0 amide bonds. The van der Waals surface area contributed by atoms with Crippen molar-refractivity contribution >= 4 is 17.5 Å². The fourth-order valence-corrected chi connectivity index (χ4v) is 4.96. The van der Waals surface area contributed by atoms with Gasteiger partial charge in [-0.1, -0.05) is 24.3 Å². The zero-order chi connectivity index (χ0) is 24.3. The maximum atomic E-state index is 14.7. The predicted molar refractivity (Wildman–Crippen MR) is 124 cm³/mol. The Morgan fingerprint density at radius 1 is 1.09 bits per heavy atom. The minimum atomic E-state index is -1.18. The van der Waals surface area contributed by atoms with Crippen LogP contribution in [-0.4, -0.2) is 17.8 Å². The SMILES string of the molecule is COc1cc([N+](=O)[O-])cc2c1OC1(C=C2)N(Cc2c(F)cccc2F)c2ccccc2C1(C)C. The zero-order valence-electron chi connectivity index (χ0n) is 18.8. The van der Waals surface area contributed by atoms with E-state index < -0.39 is 27.7 Å². The summed E-state index contributed by atoms with van der Waals surface area (Å²) >= 11 is 0. The van der Waals surface area contributed by atoms with Gasteiger partial charge in [0.1, 0.15) is 11.6 Å². The maximum absolute atomic E-state index is 14.7. The minimum absolute atomic E-state index is 0.0761. The Morgan fingerprint density at radius 3 is 2.47 bits per heavy atom. The molecule has 3 aromatic rings. The first-order chi connectivity index (χ1) is 16.2. The van der Waals surface area contributed by atoms with Crippen LogP contribution in [-0.2, 0) is 12.0 Å². The Kier molecular flexibility index (Phi) is 4.86. The predicted octanol–water partition coefficient (Wildman–Crippen LogP) is 5.98. The summed E-state index contributed by atoms with van der Waals surface area (Å²) < 4.78 is 41.5. The second-order valence-electron chi connectivity index (χ2n) is 8.88. The topological polar surface area (TPSA) is 64.8 Å². The van der Waals surface area contributed by atoms with Crippen LogP contribution < -0.4 is 14.4 Å². The number of rotatable bonds is 4. The van der Waals surface area contributed by atoms with E-state index in [0.717, 1.165) is 11.3 Å². The van der Waals surface area contributed by atoms with Gasteiger partial charge >= 0.3 is 0 Å². The minimum Gasteiger partial charge on any atom is -0.493 e. The third kappa shape index (κ3) is 2.98. The number of nitro groups is 1. The van der Waals surface area contributed by atoms with Crippen molar-refractivity contribution in [1.29, 1.82) is 0 Å². The smallest absolute Gasteiger partial charge is 0.274 e. The van der Waals surface area contributed by atoms with Gasteiger partial charge in [0, 0.05) is 22.9 Å². The Bertz CT molecular complexity index is 1330. The molecule has 0 bridgehead atoms. The average molecular weight is 464 g/mol. The number of non-ortho nitro benzene ring substituents is 1. The van der Waals surface area contributed by atoms with Crippen LogP contribution in [0.4, 0.5) is 20.2 Å². The highest BCUT2D eigenvalue weighted by Gasteiger charge is 2.59. The Hall–Kier alpha value is -3.94. The van der Waals surface area contributed by atoms with E-state index in [4.69, 9.17) is 9.47 Å². The first-order valence-corrected chi connectivity index (χ1v) is 10.7. The van der Waals surface area contributed by atoms with E-state index in [1.165, 1.54) is 37.4 Å². The summed E-state index contributed by atoms with van der Waals surface area (Å²) in [5.74, 6) is -0.761. The van der Waals surface area contributed by atoms with Gasteiger partial charge in [-0.05, 0) is 49.8 Å². The van der Waals surface area contributed by atoms with Crippen LogP contribution in [0.15, 0.2) is 60.7 Å². The van der Waals surface area contributed by atoms with Crippen molar-refractivity contribution in [3.63, 3.8) is 0 Å². The van der Waals surface area contributed by atoms with Crippen molar-refractivity contribution in [1.82, 2.24) is 0 Å². The molecule has 3 aromatic carbocycles. The second kappa shape index (κ2) is 7.55. The summed E-state index contributed by atoms with van der Waals surface area (Å²) in [6.45, 7) is 3.90. The van der Waals surface area contributed by atoms with Crippen molar-refractivity contribution in [2.45, 2.75) is 31.5 Å². The Labute approximate surface area is 195 Å². The van der Waals surface area contributed by atoms with E-state index in [1.54, 1.807) is 12.2 Å². The quantitative estimate of drug-likeness (QED) is 0.351. The van der Waals surface area contributed by atoms with Crippen molar-refractivity contribution in [3.8, 4) is 11.5 Å². The van der Waals surface area contributed by atoms with Crippen molar-refractivity contribution in [2.75, 3.05) is 12.0 Å². The molecule has 1 unspecified atom stereocenters. The molecule has 0 aliphatic carbocycles. The molecular formula is C26H22F2N2O4. The van der Waals surface area contributed by atoms with E-state index >= 15 is 0 Å². The Balaban J connectivity index is 1.71. The Morgan fingerprint density at radius 2 is 1.79 bits per heavy atom. The van der Waals surface area contributed by atoms with Crippen molar-refractivity contribution < 1.29 is 23.2 Å². The third-order valence-corrected chi connectivity index (χ3v) is 6.79. The number of anilines is 1. The molecule has 0 fully saturated rings. The van der Waals surface area contributed by atoms with Crippen molar-refractivity contribution in [3.05, 3.63) is 99.1 Å². The molecule has 1 atom stereocenters. The lowest BCUT2D eigenvalue weighted by Gasteiger charge is -2.47. The van der Waals surface area contributed by atoms with Gasteiger partial charge in [-0.3, -0.25) is 10.1 Å². The number of hydrogen-bond acceptors (Lipinski definition) is 5. The lowest BCUT2D eigenvalue weighted by molar-refractivity contribution is -0.385. The van der Waals surface area contributed by atoms with E-state index in [0.29, 0.717) is 11.3 Å². The monoisotopic (exact) mass is 464 g/mol. The summed E-state index contributed by atoms with van der Waals surface area (Å²) in [5.41, 5.74) is 0.172. The highest BCUT2D eigenvalue weighted by atomic mass is 19.1. The molecule has 0 N–H and O–H groups in total. The fourth-order valence-electron chi connectivity index (χ4n) is 4.96. The average Bonchev–Trinajstić information content (AvgIpc) is 2.99. The summed E-state index contributed by atoms with van der Waals surface area (Å²) in [7, 11) is 1.41. The zero-order valence-corrected chi connectivity index (χ0v) is 18.8. The van der Waals surface area contributed by atoms with E-state index in [-0.39, 0.29) is 23.5 Å². The molecule has 6 nitrogen and oxygen atoms in total. The summed E-state index contributed by atoms with van der Waals surface area (Å²) in [6.07, 6.45) is 3.55. The number of ether oxygens (including phenoxy) is 2. The molecule has 8 heteroatoms. The van der Waals surface area contributed by atoms with Crippen LogP contribution in [0.5, 0.6) is 11.5 Å². The van der Waals surface area contributed by atoms with Crippen LogP contribution in [0.1, 0.15) is 30.5 Å². The fraction of sp³-hybridized carbons (Fsp3) is 0.231. The largest absolute Gasteiger partial charge is 0.493 e. The van der Waals surface area contributed by atoms with Gasteiger partial charge in [0.15, 0.2) is 11.5 Å². The molecule has 2 aliphatic heterocycles. The number of nitro benzene ring substituents is 1. The molecule has 174 valence electrons. The molecule has 1 spiro atoms. The highest BCUT2D eigenvalue weighted by molar-refractivity contribution is 5.75. The molecule has 2 aliphatic rings. The molecule has 0 radical (unpaired) electrons. The van der Waals surface area contributed by atoms with E-state index in [2.05, 4.69) is 0 Å². The van der Waals surface area contributed by atoms with Crippen LogP contribution in [0, 0.1) is 21.7 Å². The maximum Gasteiger partial charge on any atom is 0.274 e. The first-order valence-electron chi connectivity index (χ1n) is 10.7. The van der Waals surface area contributed by atoms with Gasteiger partial charge in [0.2, 0.25) is 5.72 Å². The third-order valence-electron chi connectivity index (χ3n) is 6.79. The molecule has 0 saturated heterocycles. The molecule has 2 heterocycles. The normalized spacial score (nSPS) is 19.5. The van der Waals surface area contributed by atoms with Crippen LogP contribution in [0.25, 0.3) is 6.08 Å². The lowest BCUT2D eigenvalue weighted by Crippen LogP contribution is -2.59. The van der Waals surface area contributed by atoms with Crippen LogP contribution >= 0.6 is 0 Å². The van der Waals surface area contributed by atoms with E-state index in [1.807, 2.05) is 43.0 Å². The van der Waals surface area contributed by atoms with Gasteiger partial charge in [-0.25, -0.2) is 8.78 Å². The van der Waals surface area contributed by atoms with Gasteiger partial charge in [0.25, 0.3) is 5.69 Å². The molecule has 0 aromatic heterocycles. The van der Waals surface area contributed by atoms with Gasteiger partial charge < -0.3 is 14.4 Å². The van der Waals surface area contributed by atoms with E-state index in [9.17, 15) is 18.9 Å². The van der Waals surface area contributed by atoms with Crippen LogP contribution in [0.3, 0.4) is 0 Å².